The van der Waals surface area contributed by atoms with Crippen LogP contribution in [0.15, 0.2) is 29.4 Å². The van der Waals surface area contributed by atoms with Gasteiger partial charge < -0.3 is 14.9 Å². The van der Waals surface area contributed by atoms with Crippen molar-refractivity contribution in [1.29, 1.82) is 0 Å². The minimum Gasteiger partial charge on any atom is -0.386 e. The summed E-state index contributed by atoms with van der Waals surface area (Å²) in [6.07, 6.45) is -1.82. The molecule has 0 aliphatic carbocycles. The third kappa shape index (κ3) is 2.74. The van der Waals surface area contributed by atoms with E-state index in [1.54, 1.807) is 0 Å². The highest BCUT2D eigenvalue weighted by atomic mass is 16.6. The standard InChI is InChI=1S/C14H18N4O3/c15-17-16-7-11-12(13(19)14(20)21-11)18-6-5-9-3-1-2-4-10(9)8-18/h1-4,11-14,19-20H,5-8H2/t11?,12-,13+,14-/m0/s1. The smallest absolute Gasteiger partial charge is 0.182 e. The van der Waals surface area contributed by atoms with Crippen LogP contribution in [0.3, 0.4) is 0 Å². The number of fused-ring (bicyclic) bond motifs is 1. The fourth-order valence-electron chi connectivity index (χ4n) is 3.22. The van der Waals surface area contributed by atoms with Crippen molar-refractivity contribution in [2.45, 2.75) is 37.5 Å². The van der Waals surface area contributed by atoms with Gasteiger partial charge in [-0.3, -0.25) is 4.90 Å². The number of nitrogens with zero attached hydrogens (tertiary/aromatic N) is 4. The van der Waals surface area contributed by atoms with Crippen LogP contribution in [0.2, 0.25) is 0 Å². The quantitative estimate of drug-likeness (QED) is 0.488. The van der Waals surface area contributed by atoms with Crippen LogP contribution in [-0.4, -0.2) is 52.7 Å². The van der Waals surface area contributed by atoms with E-state index >= 15 is 0 Å². The van der Waals surface area contributed by atoms with Gasteiger partial charge in [-0.05, 0) is 23.1 Å². The van der Waals surface area contributed by atoms with Gasteiger partial charge in [0.15, 0.2) is 6.29 Å². The highest BCUT2D eigenvalue weighted by molar-refractivity contribution is 5.29. The average Bonchev–Trinajstić information content (AvgIpc) is 2.79. The van der Waals surface area contributed by atoms with Crippen LogP contribution in [0.4, 0.5) is 0 Å². The molecule has 0 bridgehead atoms. The molecule has 2 N–H and O–H groups in total. The van der Waals surface area contributed by atoms with Crippen molar-refractivity contribution in [2.75, 3.05) is 13.1 Å². The predicted octanol–water partition coefficient (Wildman–Crippen LogP) is 0.802. The fourth-order valence-corrected chi connectivity index (χ4v) is 3.22. The van der Waals surface area contributed by atoms with Crippen LogP contribution in [-0.2, 0) is 17.7 Å². The Labute approximate surface area is 122 Å². The first-order valence-corrected chi connectivity index (χ1v) is 7.04. The van der Waals surface area contributed by atoms with Crippen molar-refractivity contribution in [3.63, 3.8) is 0 Å². The third-order valence-electron chi connectivity index (χ3n) is 4.24. The molecule has 21 heavy (non-hydrogen) atoms. The molecule has 3 rings (SSSR count). The molecule has 2 aliphatic heterocycles. The third-order valence-corrected chi connectivity index (χ3v) is 4.24. The van der Waals surface area contributed by atoms with Gasteiger partial charge >= 0.3 is 0 Å². The van der Waals surface area contributed by atoms with Crippen molar-refractivity contribution in [2.24, 2.45) is 5.11 Å². The Balaban J connectivity index is 1.79. The van der Waals surface area contributed by atoms with Gasteiger partial charge in [-0.15, -0.1) is 0 Å². The van der Waals surface area contributed by atoms with Crippen LogP contribution in [0.1, 0.15) is 11.1 Å². The van der Waals surface area contributed by atoms with Crippen molar-refractivity contribution >= 4 is 0 Å². The Morgan fingerprint density at radius 2 is 2.10 bits per heavy atom. The molecule has 1 saturated heterocycles. The molecule has 2 aliphatic rings. The van der Waals surface area contributed by atoms with Crippen LogP contribution in [0.5, 0.6) is 0 Å². The number of rotatable bonds is 3. The molecule has 7 nitrogen and oxygen atoms in total. The molecular weight excluding hydrogens is 272 g/mol. The molecule has 0 spiro atoms. The Morgan fingerprint density at radius 1 is 1.33 bits per heavy atom. The lowest BCUT2D eigenvalue weighted by molar-refractivity contribution is -0.125. The summed E-state index contributed by atoms with van der Waals surface area (Å²) in [4.78, 5) is 4.83. The van der Waals surface area contributed by atoms with Gasteiger partial charge in [0.05, 0.1) is 18.7 Å². The first kappa shape index (κ1) is 14.3. The highest BCUT2D eigenvalue weighted by Gasteiger charge is 2.46. The van der Waals surface area contributed by atoms with Crippen molar-refractivity contribution in [3.8, 4) is 0 Å². The van der Waals surface area contributed by atoms with Crippen molar-refractivity contribution in [3.05, 3.63) is 45.8 Å². The second kappa shape index (κ2) is 6.01. The lowest BCUT2D eigenvalue weighted by atomic mass is 9.96. The molecule has 0 saturated carbocycles. The van der Waals surface area contributed by atoms with E-state index < -0.39 is 18.5 Å². The Bertz CT molecular complexity index is 561. The first-order valence-electron chi connectivity index (χ1n) is 7.04. The maximum Gasteiger partial charge on any atom is 0.182 e. The van der Waals surface area contributed by atoms with Crippen LogP contribution in [0, 0.1) is 0 Å². The summed E-state index contributed by atoms with van der Waals surface area (Å²) in [6.45, 7) is 1.58. The second-order valence-electron chi connectivity index (χ2n) is 5.45. The predicted molar refractivity (Wildman–Crippen MR) is 75.2 cm³/mol. The average molecular weight is 290 g/mol. The molecule has 7 heteroatoms. The molecule has 1 aromatic carbocycles. The number of benzene rings is 1. The van der Waals surface area contributed by atoms with E-state index in [0.29, 0.717) is 6.54 Å². The second-order valence-corrected chi connectivity index (χ2v) is 5.45. The van der Waals surface area contributed by atoms with E-state index in [-0.39, 0.29) is 12.6 Å². The molecule has 4 atom stereocenters. The minimum absolute atomic E-state index is 0.105. The number of azide groups is 1. The van der Waals surface area contributed by atoms with E-state index in [4.69, 9.17) is 10.3 Å². The molecule has 0 radical (unpaired) electrons. The minimum atomic E-state index is -1.23. The van der Waals surface area contributed by atoms with Crippen molar-refractivity contribution in [1.82, 2.24) is 4.90 Å². The van der Waals surface area contributed by atoms with Gasteiger partial charge in [0.2, 0.25) is 0 Å². The number of hydrogen-bond donors (Lipinski definition) is 2. The maximum absolute atomic E-state index is 10.2. The van der Waals surface area contributed by atoms with E-state index in [2.05, 4.69) is 27.1 Å². The SMILES string of the molecule is [N-]=[N+]=NCC1O[C@H](O)[C@H](O)[C@H]1N1CCc2ccccc2C1. The van der Waals surface area contributed by atoms with E-state index in [9.17, 15) is 10.2 Å². The summed E-state index contributed by atoms with van der Waals surface area (Å²) in [7, 11) is 0. The first-order chi connectivity index (χ1) is 10.2. The zero-order chi connectivity index (χ0) is 14.8. The van der Waals surface area contributed by atoms with Gasteiger partial charge in [-0.25, -0.2) is 0 Å². The Kier molecular flexibility index (Phi) is 4.10. The van der Waals surface area contributed by atoms with E-state index in [0.717, 1.165) is 13.0 Å². The number of aliphatic hydroxyl groups is 2. The molecule has 112 valence electrons. The number of aliphatic hydroxyl groups excluding tert-OH is 2. The lowest BCUT2D eigenvalue weighted by Gasteiger charge is -2.36. The summed E-state index contributed by atoms with van der Waals surface area (Å²) in [5, 5.41) is 23.4. The molecule has 2 heterocycles. The summed E-state index contributed by atoms with van der Waals surface area (Å²) >= 11 is 0. The maximum atomic E-state index is 10.2. The molecule has 0 amide bonds. The summed E-state index contributed by atoms with van der Waals surface area (Å²) in [5.41, 5.74) is 11.0. The van der Waals surface area contributed by atoms with Gasteiger partial charge in [-0.1, -0.05) is 29.4 Å². The lowest BCUT2D eigenvalue weighted by Crippen LogP contribution is -2.50. The van der Waals surface area contributed by atoms with Gasteiger partial charge in [0, 0.05) is 18.0 Å². The number of ether oxygens (including phenoxy) is 1. The Hall–Kier alpha value is -1.63. The normalized spacial score (nSPS) is 32.5. The molecule has 1 unspecified atom stereocenters. The molecule has 0 aromatic heterocycles. The van der Waals surface area contributed by atoms with Gasteiger partial charge in [0.1, 0.15) is 6.10 Å². The van der Waals surface area contributed by atoms with Gasteiger partial charge in [-0.2, -0.15) is 0 Å². The zero-order valence-electron chi connectivity index (χ0n) is 11.5. The van der Waals surface area contributed by atoms with Crippen LogP contribution >= 0.6 is 0 Å². The monoisotopic (exact) mass is 290 g/mol. The van der Waals surface area contributed by atoms with E-state index in [1.807, 2.05) is 12.1 Å². The van der Waals surface area contributed by atoms with Gasteiger partial charge in [0.25, 0.3) is 0 Å². The molecule has 1 aromatic rings. The summed E-state index contributed by atoms with van der Waals surface area (Å²) in [6, 6.07) is 7.84. The summed E-state index contributed by atoms with van der Waals surface area (Å²) in [5.74, 6) is 0. The van der Waals surface area contributed by atoms with E-state index in [1.165, 1.54) is 11.1 Å². The Morgan fingerprint density at radius 3 is 2.86 bits per heavy atom. The number of hydrogen-bond acceptors (Lipinski definition) is 5. The van der Waals surface area contributed by atoms with Crippen LogP contribution < -0.4 is 0 Å². The summed E-state index contributed by atoms with van der Waals surface area (Å²) < 4.78 is 5.33. The zero-order valence-corrected chi connectivity index (χ0v) is 11.5. The van der Waals surface area contributed by atoms with Crippen molar-refractivity contribution < 1.29 is 14.9 Å². The topological polar surface area (TPSA) is 102 Å². The molecule has 1 fully saturated rings. The fraction of sp³-hybridized carbons (Fsp3) is 0.571. The molecular formula is C14H18N4O3. The van der Waals surface area contributed by atoms with Crippen LogP contribution in [0.25, 0.3) is 10.4 Å². The largest absolute Gasteiger partial charge is 0.386 e. The highest BCUT2D eigenvalue weighted by Crippen LogP contribution is 2.29.